The number of nitrogens with zero attached hydrogens (tertiary/aromatic N) is 3. The molecule has 0 saturated carbocycles. The third-order valence-electron chi connectivity index (χ3n) is 2.73. The summed E-state index contributed by atoms with van der Waals surface area (Å²) in [6.07, 6.45) is 4.06. The fraction of sp³-hybridized carbons (Fsp3) is 0.700. The fourth-order valence-corrected chi connectivity index (χ4v) is 1.71. The molecule has 0 aromatic carbocycles. The van der Waals surface area contributed by atoms with Crippen LogP contribution in [-0.2, 0) is 0 Å². The highest BCUT2D eigenvalue weighted by Gasteiger charge is 2.29. The SMILES string of the molecule is Cc1cnn(C2CN(C(C)C)C2)c1. The Morgan fingerprint density at radius 1 is 1.46 bits per heavy atom. The molecule has 0 radical (unpaired) electrons. The van der Waals surface area contributed by atoms with Crippen molar-refractivity contribution < 1.29 is 0 Å². The molecule has 1 aliphatic heterocycles. The zero-order valence-corrected chi connectivity index (χ0v) is 8.57. The Morgan fingerprint density at radius 2 is 2.15 bits per heavy atom. The summed E-state index contributed by atoms with van der Waals surface area (Å²) in [7, 11) is 0. The van der Waals surface area contributed by atoms with Crippen molar-refractivity contribution in [3.63, 3.8) is 0 Å². The lowest BCUT2D eigenvalue weighted by atomic mass is 10.1. The monoisotopic (exact) mass is 179 g/mol. The summed E-state index contributed by atoms with van der Waals surface area (Å²) in [5.41, 5.74) is 1.25. The Bertz CT molecular complexity index is 284. The molecule has 0 amide bonds. The molecule has 72 valence electrons. The maximum Gasteiger partial charge on any atom is 0.0773 e. The molecule has 1 saturated heterocycles. The van der Waals surface area contributed by atoms with Gasteiger partial charge in [-0.1, -0.05) is 0 Å². The number of aromatic nitrogens is 2. The number of rotatable bonds is 2. The van der Waals surface area contributed by atoms with E-state index in [0.29, 0.717) is 12.1 Å². The Morgan fingerprint density at radius 3 is 2.62 bits per heavy atom. The summed E-state index contributed by atoms with van der Waals surface area (Å²) >= 11 is 0. The first-order valence-electron chi connectivity index (χ1n) is 4.91. The van der Waals surface area contributed by atoms with Gasteiger partial charge in [-0.15, -0.1) is 0 Å². The van der Waals surface area contributed by atoms with Crippen LogP contribution < -0.4 is 0 Å². The Balaban J connectivity index is 1.93. The summed E-state index contributed by atoms with van der Waals surface area (Å²) in [6.45, 7) is 8.87. The van der Waals surface area contributed by atoms with Crippen LogP contribution >= 0.6 is 0 Å². The van der Waals surface area contributed by atoms with Crippen LogP contribution in [-0.4, -0.2) is 33.8 Å². The van der Waals surface area contributed by atoms with Crippen molar-refractivity contribution in [2.45, 2.75) is 32.9 Å². The maximum absolute atomic E-state index is 4.32. The van der Waals surface area contributed by atoms with E-state index in [9.17, 15) is 0 Å². The van der Waals surface area contributed by atoms with Crippen LogP contribution in [0.2, 0.25) is 0 Å². The van der Waals surface area contributed by atoms with Gasteiger partial charge in [-0.25, -0.2) is 0 Å². The standard InChI is InChI=1S/C10H17N3/c1-8(2)12-6-10(7-12)13-5-9(3)4-11-13/h4-5,8,10H,6-7H2,1-3H3. The average Bonchev–Trinajstić information content (AvgIpc) is 2.31. The van der Waals surface area contributed by atoms with Crippen molar-refractivity contribution in [2.24, 2.45) is 0 Å². The normalized spacial score (nSPS) is 19.4. The first kappa shape index (κ1) is 8.75. The number of aryl methyl sites for hydroxylation is 1. The van der Waals surface area contributed by atoms with E-state index < -0.39 is 0 Å². The predicted molar refractivity (Wildman–Crippen MR) is 52.7 cm³/mol. The molecule has 3 nitrogen and oxygen atoms in total. The van der Waals surface area contributed by atoms with Gasteiger partial charge in [0, 0.05) is 25.3 Å². The van der Waals surface area contributed by atoms with Gasteiger partial charge in [0.05, 0.1) is 12.2 Å². The van der Waals surface area contributed by atoms with Gasteiger partial charge in [0.15, 0.2) is 0 Å². The minimum Gasteiger partial charge on any atom is -0.297 e. The van der Waals surface area contributed by atoms with E-state index in [2.05, 4.69) is 41.6 Å². The van der Waals surface area contributed by atoms with Gasteiger partial charge in [0.1, 0.15) is 0 Å². The van der Waals surface area contributed by atoms with Gasteiger partial charge in [0.2, 0.25) is 0 Å². The van der Waals surface area contributed by atoms with Crippen LogP contribution in [0.3, 0.4) is 0 Å². The van der Waals surface area contributed by atoms with Crippen molar-refractivity contribution in [1.29, 1.82) is 0 Å². The third kappa shape index (κ3) is 1.61. The Kier molecular flexibility index (Phi) is 2.12. The second-order valence-electron chi connectivity index (χ2n) is 4.20. The minimum absolute atomic E-state index is 0.607. The molecule has 3 heteroatoms. The molecule has 13 heavy (non-hydrogen) atoms. The van der Waals surface area contributed by atoms with Crippen molar-refractivity contribution in [1.82, 2.24) is 14.7 Å². The molecule has 0 spiro atoms. The van der Waals surface area contributed by atoms with Crippen molar-refractivity contribution in [2.75, 3.05) is 13.1 Å². The second-order valence-corrected chi connectivity index (χ2v) is 4.20. The van der Waals surface area contributed by atoms with Crippen LogP contribution in [0.1, 0.15) is 25.5 Å². The van der Waals surface area contributed by atoms with Gasteiger partial charge in [0.25, 0.3) is 0 Å². The van der Waals surface area contributed by atoms with E-state index >= 15 is 0 Å². The van der Waals surface area contributed by atoms with Crippen molar-refractivity contribution in [3.8, 4) is 0 Å². The molecule has 1 aromatic rings. The summed E-state index contributed by atoms with van der Waals surface area (Å²) in [4.78, 5) is 2.46. The van der Waals surface area contributed by atoms with E-state index in [1.165, 1.54) is 5.56 Å². The lowest BCUT2D eigenvalue weighted by Crippen LogP contribution is -2.50. The quantitative estimate of drug-likeness (QED) is 0.685. The second kappa shape index (κ2) is 3.14. The van der Waals surface area contributed by atoms with E-state index in [-0.39, 0.29) is 0 Å². The van der Waals surface area contributed by atoms with Crippen LogP contribution in [0.25, 0.3) is 0 Å². The summed E-state index contributed by atoms with van der Waals surface area (Å²) in [6, 6.07) is 1.28. The molecule has 0 aliphatic carbocycles. The molecule has 1 aliphatic rings. The molecule has 1 aromatic heterocycles. The summed E-state index contributed by atoms with van der Waals surface area (Å²) in [5.74, 6) is 0. The van der Waals surface area contributed by atoms with Crippen LogP contribution in [0, 0.1) is 6.92 Å². The fourth-order valence-electron chi connectivity index (χ4n) is 1.71. The lowest BCUT2D eigenvalue weighted by Gasteiger charge is -2.41. The molecule has 0 atom stereocenters. The van der Waals surface area contributed by atoms with E-state index in [1.807, 2.05) is 6.20 Å². The largest absolute Gasteiger partial charge is 0.297 e. The van der Waals surface area contributed by atoms with E-state index in [0.717, 1.165) is 13.1 Å². The zero-order valence-electron chi connectivity index (χ0n) is 8.57. The first-order valence-corrected chi connectivity index (χ1v) is 4.91. The smallest absolute Gasteiger partial charge is 0.0773 e. The van der Waals surface area contributed by atoms with Gasteiger partial charge in [-0.2, -0.15) is 5.10 Å². The average molecular weight is 179 g/mol. The highest BCUT2D eigenvalue weighted by molar-refractivity contribution is 5.02. The minimum atomic E-state index is 0.607. The van der Waals surface area contributed by atoms with Crippen molar-refractivity contribution in [3.05, 3.63) is 18.0 Å². The number of likely N-dealkylation sites (tertiary alicyclic amines) is 1. The van der Waals surface area contributed by atoms with Gasteiger partial charge < -0.3 is 0 Å². The summed E-state index contributed by atoms with van der Waals surface area (Å²) in [5, 5.41) is 4.32. The molecular weight excluding hydrogens is 162 g/mol. The van der Waals surface area contributed by atoms with Gasteiger partial charge in [-0.05, 0) is 26.3 Å². The highest BCUT2D eigenvalue weighted by atomic mass is 15.4. The van der Waals surface area contributed by atoms with Crippen molar-refractivity contribution >= 4 is 0 Å². The van der Waals surface area contributed by atoms with Crippen LogP contribution in [0.4, 0.5) is 0 Å². The van der Waals surface area contributed by atoms with E-state index in [4.69, 9.17) is 0 Å². The molecule has 2 rings (SSSR count). The highest BCUT2D eigenvalue weighted by Crippen LogP contribution is 2.22. The van der Waals surface area contributed by atoms with Crippen LogP contribution in [0.5, 0.6) is 0 Å². The van der Waals surface area contributed by atoms with E-state index in [1.54, 1.807) is 0 Å². The lowest BCUT2D eigenvalue weighted by molar-refractivity contribution is 0.0675. The zero-order chi connectivity index (χ0) is 9.42. The van der Waals surface area contributed by atoms with Gasteiger partial charge >= 0.3 is 0 Å². The Labute approximate surface area is 79.3 Å². The molecule has 0 N–H and O–H groups in total. The summed E-state index contributed by atoms with van der Waals surface area (Å²) < 4.78 is 2.09. The molecule has 2 heterocycles. The topological polar surface area (TPSA) is 21.1 Å². The molecule has 0 bridgehead atoms. The Hall–Kier alpha value is -0.830. The molecule has 1 fully saturated rings. The van der Waals surface area contributed by atoms with Crippen LogP contribution in [0.15, 0.2) is 12.4 Å². The predicted octanol–water partition coefficient (Wildman–Crippen LogP) is 1.46. The van der Waals surface area contributed by atoms with Gasteiger partial charge in [-0.3, -0.25) is 9.58 Å². The third-order valence-corrected chi connectivity index (χ3v) is 2.73. The molecular formula is C10H17N3. The first-order chi connectivity index (χ1) is 6.16. The maximum atomic E-state index is 4.32. The number of hydrogen-bond donors (Lipinski definition) is 0. The number of hydrogen-bond acceptors (Lipinski definition) is 2. The molecule has 0 unspecified atom stereocenters.